The number of benzene rings is 2. The van der Waals surface area contributed by atoms with Crippen LogP contribution in [0.3, 0.4) is 0 Å². The lowest BCUT2D eigenvalue weighted by atomic mass is 9.94. The van der Waals surface area contributed by atoms with E-state index >= 15 is 0 Å². The molecule has 1 N–H and O–H groups in total. The highest BCUT2D eigenvalue weighted by Crippen LogP contribution is 2.36. The van der Waals surface area contributed by atoms with E-state index in [1.807, 2.05) is 12.3 Å². The fourth-order valence-corrected chi connectivity index (χ4v) is 4.23. The highest BCUT2D eigenvalue weighted by molar-refractivity contribution is 5.81. The molecule has 27 heavy (non-hydrogen) atoms. The van der Waals surface area contributed by atoms with Crippen LogP contribution in [0.15, 0.2) is 65.3 Å². The van der Waals surface area contributed by atoms with Crippen molar-refractivity contribution in [1.82, 2.24) is 10.2 Å². The summed E-state index contributed by atoms with van der Waals surface area (Å²) < 4.78 is 5.77. The molecule has 3 nitrogen and oxygen atoms in total. The first-order valence-electron chi connectivity index (χ1n) is 10.4. The molecule has 1 aromatic heterocycles. The van der Waals surface area contributed by atoms with Gasteiger partial charge in [-0.2, -0.15) is 0 Å². The van der Waals surface area contributed by atoms with Crippen molar-refractivity contribution >= 4 is 11.0 Å². The van der Waals surface area contributed by atoms with E-state index in [4.69, 9.17) is 4.42 Å². The number of nitrogens with one attached hydrogen (secondary N) is 1. The molecule has 2 aliphatic heterocycles. The predicted octanol–water partition coefficient (Wildman–Crippen LogP) is 5.53. The third kappa shape index (κ3) is 4.60. The summed E-state index contributed by atoms with van der Waals surface area (Å²) in [7, 11) is 0. The Balaban J connectivity index is 0.000000314. The summed E-state index contributed by atoms with van der Waals surface area (Å²) in [4.78, 5) is 2.61. The van der Waals surface area contributed by atoms with Gasteiger partial charge < -0.3 is 9.73 Å². The number of fused-ring (bicyclic) bond motifs is 1. The van der Waals surface area contributed by atoms with Gasteiger partial charge in [0.25, 0.3) is 0 Å². The molecule has 3 aromatic rings. The number of hydrogen-bond donors (Lipinski definition) is 1. The fourth-order valence-electron chi connectivity index (χ4n) is 4.23. The third-order valence-corrected chi connectivity index (χ3v) is 5.67. The first-order chi connectivity index (χ1) is 13.4. The number of nitrogens with zero attached hydrogens (tertiary/aromatic N) is 1. The molecular formula is C24H30N2O. The van der Waals surface area contributed by atoms with Gasteiger partial charge in [0.1, 0.15) is 5.58 Å². The maximum atomic E-state index is 5.77. The first kappa shape index (κ1) is 18.3. The SMILES string of the molecule is C1CCNC1.c1ccc(CN2CCCCC2c2coc3ccccc23)cc1. The van der Waals surface area contributed by atoms with Crippen LogP contribution in [-0.4, -0.2) is 24.5 Å². The molecule has 1 atom stereocenters. The molecule has 2 fully saturated rings. The van der Waals surface area contributed by atoms with Crippen LogP contribution in [0.2, 0.25) is 0 Å². The number of furan rings is 1. The average molecular weight is 363 g/mol. The Labute approximate surface area is 162 Å². The van der Waals surface area contributed by atoms with E-state index in [-0.39, 0.29) is 0 Å². The largest absolute Gasteiger partial charge is 0.464 e. The van der Waals surface area contributed by atoms with Crippen LogP contribution in [0.4, 0.5) is 0 Å². The Morgan fingerprint density at radius 2 is 1.67 bits per heavy atom. The number of rotatable bonds is 3. The van der Waals surface area contributed by atoms with Crippen molar-refractivity contribution in [3.63, 3.8) is 0 Å². The summed E-state index contributed by atoms with van der Waals surface area (Å²) in [6.45, 7) is 4.68. The van der Waals surface area contributed by atoms with E-state index in [1.165, 1.54) is 68.3 Å². The van der Waals surface area contributed by atoms with E-state index in [9.17, 15) is 0 Å². The molecule has 0 spiro atoms. The van der Waals surface area contributed by atoms with E-state index in [1.54, 1.807) is 0 Å². The fraction of sp³-hybridized carbons (Fsp3) is 0.417. The molecule has 142 valence electrons. The van der Waals surface area contributed by atoms with Crippen LogP contribution in [0.5, 0.6) is 0 Å². The minimum Gasteiger partial charge on any atom is -0.464 e. The standard InChI is InChI=1S/C20H21NO.C4H9N/c1-2-8-16(9-3-1)14-21-13-7-6-11-19(21)18-15-22-20-12-5-4-10-17(18)20;1-2-4-5-3-1/h1-5,8-10,12,15,19H,6-7,11,13-14H2;5H,1-4H2. The monoisotopic (exact) mass is 362 g/mol. The van der Waals surface area contributed by atoms with Crippen LogP contribution in [-0.2, 0) is 6.54 Å². The zero-order chi connectivity index (χ0) is 18.3. The van der Waals surface area contributed by atoms with Crippen molar-refractivity contribution in [3.8, 4) is 0 Å². The smallest absolute Gasteiger partial charge is 0.134 e. The molecule has 5 rings (SSSR count). The summed E-state index contributed by atoms with van der Waals surface area (Å²) in [6.07, 6.45) is 8.56. The maximum absolute atomic E-state index is 5.77. The molecule has 2 aromatic carbocycles. The highest BCUT2D eigenvalue weighted by atomic mass is 16.3. The molecule has 3 heteroatoms. The zero-order valence-electron chi connectivity index (χ0n) is 16.1. The number of likely N-dealkylation sites (tertiary alicyclic amines) is 1. The van der Waals surface area contributed by atoms with E-state index in [2.05, 4.69) is 58.7 Å². The third-order valence-electron chi connectivity index (χ3n) is 5.67. The summed E-state index contributed by atoms with van der Waals surface area (Å²) in [5.41, 5.74) is 3.75. The van der Waals surface area contributed by atoms with Gasteiger partial charge in [0.2, 0.25) is 0 Å². The summed E-state index contributed by atoms with van der Waals surface area (Å²) in [6, 6.07) is 19.6. The second-order valence-electron chi connectivity index (χ2n) is 7.61. The molecular weight excluding hydrogens is 332 g/mol. The van der Waals surface area contributed by atoms with Gasteiger partial charge in [-0.15, -0.1) is 0 Å². The van der Waals surface area contributed by atoms with Gasteiger partial charge in [-0.3, -0.25) is 4.90 Å². The lowest BCUT2D eigenvalue weighted by molar-refractivity contribution is 0.141. The number of para-hydroxylation sites is 1. The van der Waals surface area contributed by atoms with Gasteiger partial charge in [-0.1, -0.05) is 55.0 Å². The van der Waals surface area contributed by atoms with Crippen LogP contribution in [0.1, 0.15) is 49.3 Å². The van der Waals surface area contributed by atoms with E-state index < -0.39 is 0 Å². The second-order valence-corrected chi connectivity index (χ2v) is 7.61. The summed E-state index contributed by atoms with van der Waals surface area (Å²) >= 11 is 0. The first-order valence-corrected chi connectivity index (χ1v) is 10.4. The van der Waals surface area contributed by atoms with Crippen molar-refractivity contribution in [2.75, 3.05) is 19.6 Å². The molecule has 0 saturated carbocycles. The lowest BCUT2D eigenvalue weighted by Crippen LogP contribution is -2.32. The van der Waals surface area contributed by atoms with Gasteiger partial charge in [0.05, 0.1) is 6.26 Å². The number of piperidine rings is 1. The van der Waals surface area contributed by atoms with Crippen LogP contribution in [0.25, 0.3) is 11.0 Å². The topological polar surface area (TPSA) is 28.4 Å². The van der Waals surface area contributed by atoms with Crippen LogP contribution >= 0.6 is 0 Å². The van der Waals surface area contributed by atoms with E-state index in [0.29, 0.717) is 6.04 Å². The summed E-state index contributed by atoms with van der Waals surface area (Å²) in [5.74, 6) is 0. The minimum absolute atomic E-state index is 0.470. The molecule has 0 amide bonds. The molecule has 2 aliphatic rings. The maximum Gasteiger partial charge on any atom is 0.134 e. The van der Waals surface area contributed by atoms with Crippen molar-refractivity contribution in [1.29, 1.82) is 0 Å². The zero-order valence-corrected chi connectivity index (χ0v) is 16.1. The van der Waals surface area contributed by atoms with Gasteiger partial charge >= 0.3 is 0 Å². The minimum atomic E-state index is 0.470. The summed E-state index contributed by atoms with van der Waals surface area (Å²) in [5, 5.41) is 4.49. The number of hydrogen-bond acceptors (Lipinski definition) is 3. The van der Waals surface area contributed by atoms with Crippen molar-refractivity contribution in [2.24, 2.45) is 0 Å². The van der Waals surface area contributed by atoms with Gasteiger partial charge in [0, 0.05) is 23.5 Å². The van der Waals surface area contributed by atoms with Gasteiger partial charge in [-0.25, -0.2) is 0 Å². The Morgan fingerprint density at radius 3 is 2.44 bits per heavy atom. The normalized spacial score (nSPS) is 20.4. The Hall–Kier alpha value is -2.10. The molecule has 0 bridgehead atoms. The Kier molecular flexibility index (Phi) is 6.23. The highest BCUT2D eigenvalue weighted by Gasteiger charge is 2.26. The van der Waals surface area contributed by atoms with Crippen molar-refractivity contribution in [3.05, 3.63) is 72.0 Å². The van der Waals surface area contributed by atoms with Crippen LogP contribution in [0, 0.1) is 0 Å². The quantitative estimate of drug-likeness (QED) is 0.664. The average Bonchev–Trinajstić information content (AvgIpc) is 3.43. The van der Waals surface area contributed by atoms with Crippen LogP contribution < -0.4 is 5.32 Å². The molecule has 0 aliphatic carbocycles. The lowest BCUT2D eigenvalue weighted by Gasteiger charge is -2.35. The molecule has 2 saturated heterocycles. The Bertz CT molecular complexity index is 815. The predicted molar refractivity (Wildman–Crippen MR) is 112 cm³/mol. The van der Waals surface area contributed by atoms with Gasteiger partial charge in [-0.05, 0) is 56.9 Å². The van der Waals surface area contributed by atoms with Gasteiger partial charge in [0.15, 0.2) is 0 Å². The van der Waals surface area contributed by atoms with E-state index in [0.717, 1.165) is 12.1 Å². The van der Waals surface area contributed by atoms with Crippen molar-refractivity contribution in [2.45, 2.75) is 44.7 Å². The Morgan fingerprint density at radius 1 is 0.889 bits per heavy atom. The second kappa shape index (κ2) is 9.20. The van der Waals surface area contributed by atoms with Crippen molar-refractivity contribution < 1.29 is 4.42 Å². The molecule has 1 unspecified atom stereocenters. The molecule has 0 radical (unpaired) electrons. The molecule has 3 heterocycles.